The Morgan fingerprint density at radius 3 is 2.64 bits per heavy atom. The summed E-state index contributed by atoms with van der Waals surface area (Å²) in [6, 6.07) is 2.99. The molecular weight excluding hydrogens is 308 g/mol. The third-order valence-electron chi connectivity index (χ3n) is 4.42. The lowest BCUT2D eigenvalue weighted by atomic mass is 9.54. The average Bonchev–Trinajstić information content (AvgIpc) is 2.46. The molecule has 1 fully saturated rings. The summed E-state index contributed by atoms with van der Waals surface area (Å²) >= 11 is 5.73. The molecule has 1 aromatic rings. The first-order valence-corrected chi connectivity index (χ1v) is 7.41. The number of hydrogen-bond acceptors (Lipinski definition) is 4. The van der Waals surface area contributed by atoms with Crippen molar-refractivity contribution in [1.82, 2.24) is 10.3 Å². The van der Waals surface area contributed by atoms with Crippen LogP contribution in [0.15, 0.2) is 18.3 Å². The van der Waals surface area contributed by atoms with Crippen LogP contribution >= 0.6 is 11.6 Å². The van der Waals surface area contributed by atoms with Crippen LogP contribution in [0.3, 0.4) is 0 Å². The molecule has 1 aliphatic carbocycles. The first-order chi connectivity index (χ1) is 10.2. The summed E-state index contributed by atoms with van der Waals surface area (Å²) in [6.07, 6.45) is 1.36. The number of nitrogens with zero attached hydrogens (tertiary/aromatic N) is 1. The van der Waals surface area contributed by atoms with E-state index in [0.29, 0.717) is 11.6 Å². The van der Waals surface area contributed by atoms with Gasteiger partial charge in [0.1, 0.15) is 11.2 Å². The van der Waals surface area contributed by atoms with Gasteiger partial charge >= 0.3 is 5.97 Å². The van der Waals surface area contributed by atoms with Crippen LogP contribution in [0.25, 0.3) is 0 Å². The lowest BCUT2D eigenvalue weighted by Gasteiger charge is -2.58. The maximum atomic E-state index is 12.3. The van der Waals surface area contributed by atoms with Gasteiger partial charge in [-0.2, -0.15) is 0 Å². The number of carbonyl (C=O) groups excluding carboxylic acids is 1. The summed E-state index contributed by atoms with van der Waals surface area (Å²) in [6.45, 7) is 5.91. The second kappa shape index (κ2) is 5.85. The fourth-order valence-corrected chi connectivity index (χ4v) is 2.92. The number of ether oxygens (including phenoxy) is 1. The van der Waals surface area contributed by atoms with Gasteiger partial charge in [0.15, 0.2) is 0 Å². The molecule has 0 aliphatic heterocycles. The van der Waals surface area contributed by atoms with E-state index in [1.807, 2.05) is 6.92 Å². The zero-order chi connectivity index (χ0) is 16.5. The van der Waals surface area contributed by atoms with E-state index in [0.717, 1.165) is 0 Å². The molecule has 0 unspecified atom stereocenters. The van der Waals surface area contributed by atoms with Crippen molar-refractivity contribution in [3.63, 3.8) is 0 Å². The Bertz CT molecular complexity index is 588. The van der Waals surface area contributed by atoms with Crippen molar-refractivity contribution in [3.8, 4) is 0 Å². The quantitative estimate of drug-likeness (QED) is 0.865. The highest BCUT2D eigenvalue weighted by atomic mass is 35.5. The highest BCUT2D eigenvalue weighted by molar-refractivity contribution is 6.30. The summed E-state index contributed by atoms with van der Waals surface area (Å²) in [4.78, 5) is 28.0. The molecule has 0 aromatic carbocycles. The van der Waals surface area contributed by atoms with Crippen molar-refractivity contribution in [3.05, 3.63) is 29.0 Å². The number of carboxylic acid groups (broad SMARTS) is 1. The Morgan fingerprint density at radius 1 is 1.50 bits per heavy atom. The predicted octanol–water partition coefficient (Wildman–Crippen LogP) is 2.12. The number of aliphatic carboxylic acids is 1. The summed E-state index contributed by atoms with van der Waals surface area (Å²) < 4.78 is 5.55. The van der Waals surface area contributed by atoms with Crippen LogP contribution in [0, 0.1) is 5.41 Å². The van der Waals surface area contributed by atoms with Crippen LogP contribution in [0.5, 0.6) is 0 Å². The Kier molecular flexibility index (Phi) is 4.44. The molecule has 1 aromatic heterocycles. The fraction of sp³-hybridized carbons (Fsp3) is 0.533. The molecule has 6 nitrogen and oxygen atoms in total. The van der Waals surface area contributed by atoms with Crippen LogP contribution in [0.1, 0.15) is 37.7 Å². The van der Waals surface area contributed by atoms with Crippen molar-refractivity contribution in [2.75, 3.05) is 6.61 Å². The lowest BCUT2D eigenvalue weighted by molar-refractivity contribution is -0.190. The van der Waals surface area contributed by atoms with Gasteiger partial charge < -0.3 is 15.2 Å². The van der Waals surface area contributed by atoms with Crippen molar-refractivity contribution in [2.45, 2.75) is 38.8 Å². The third kappa shape index (κ3) is 2.57. The monoisotopic (exact) mass is 326 g/mol. The molecular formula is C15H19ClN2O4. The number of carbonyl (C=O) groups is 2. The van der Waals surface area contributed by atoms with Crippen LogP contribution in [0.2, 0.25) is 5.02 Å². The number of amides is 1. The van der Waals surface area contributed by atoms with Gasteiger partial charge in [-0.1, -0.05) is 25.4 Å². The van der Waals surface area contributed by atoms with Gasteiger partial charge in [0.25, 0.3) is 5.91 Å². The van der Waals surface area contributed by atoms with Crippen molar-refractivity contribution in [1.29, 1.82) is 0 Å². The van der Waals surface area contributed by atoms with E-state index >= 15 is 0 Å². The number of aromatic nitrogens is 1. The SMILES string of the molecule is CCO[C@@H]1C[C@](NC(=O)c2ccc(Cl)cn2)(C(=O)O)C1(C)C. The van der Waals surface area contributed by atoms with Gasteiger partial charge in [-0.25, -0.2) is 9.78 Å². The van der Waals surface area contributed by atoms with Gasteiger partial charge in [-0.3, -0.25) is 4.79 Å². The molecule has 0 spiro atoms. The average molecular weight is 327 g/mol. The second-order valence-electron chi connectivity index (χ2n) is 5.90. The van der Waals surface area contributed by atoms with E-state index in [1.54, 1.807) is 13.8 Å². The first-order valence-electron chi connectivity index (χ1n) is 7.03. The van der Waals surface area contributed by atoms with Gasteiger partial charge in [0.2, 0.25) is 0 Å². The number of carboxylic acids is 1. The third-order valence-corrected chi connectivity index (χ3v) is 4.64. The van der Waals surface area contributed by atoms with Crippen molar-refractivity contribution in [2.24, 2.45) is 5.41 Å². The molecule has 120 valence electrons. The first kappa shape index (κ1) is 16.7. The molecule has 0 bridgehead atoms. The van der Waals surface area contributed by atoms with Gasteiger partial charge in [0, 0.05) is 24.6 Å². The van der Waals surface area contributed by atoms with Gasteiger partial charge in [0.05, 0.1) is 11.1 Å². The largest absolute Gasteiger partial charge is 0.479 e. The molecule has 1 saturated carbocycles. The number of rotatable bonds is 5. The number of halogens is 1. The molecule has 1 aliphatic rings. The highest BCUT2D eigenvalue weighted by Crippen LogP contribution is 2.51. The Hall–Kier alpha value is -1.66. The maximum Gasteiger partial charge on any atom is 0.330 e. The maximum absolute atomic E-state index is 12.3. The molecule has 1 heterocycles. The zero-order valence-electron chi connectivity index (χ0n) is 12.7. The van der Waals surface area contributed by atoms with E-state index in [1.165, 1.54) is 18.3 Å². The van der Waals surface area contributed by atoms with E-state index in [-0.39, 0.29) is 18.2 Å². The molecule has 0 saturated heterocycles. The molecule has 2 atom stereocenters. The van der Waals surface area contributed by atoms with E-state index in [4.69, 9.17) is 16.3 Å². The summed E-state index contributed by atoms with van der Waals surface area (Å²) in [7, 11) is 0. The number of pyridine rings is 1. The minimum Gasteiger partial charge on any atom is -0.479 e. The summed E-state index contributed by atoms with van der Waals surface area (Å²) in [5.74, 6) is -1.61. The van der Waals surface area contributed by atoms with Gasteiger partial charge in [-0.05, 0) is 19.1 Å². The van der Waals surface area contributed by atoms with Crippen molar-refractivity contribution >= 4 is 23.5 Å². The Balaban J connectivity index is 2.22. The summed E-state index contributed by atoms with van der Waals surface area (Å²) in [5.41, 5.74) is -1.97. The zero-order valence-corrected chi connectivity index (χ0v) is 13.5. The molecule has 0 radical (unpaired) electrons. The van der Waals surface area contributed by atoms with Gasteiger partial charge in [-0.15, -0.1) is 0 Å². The number of nitrogens with one attached hydrogen (secondary N) is 1. The standard InChI is InChI=1S/C15H19ClN2O4/c1-4-22-11-7-15(13(20)21,14(11,2)3)18-12(19)10-6-5-9(16)8-17-10/h5-6,8,11H,4,7H2,1-3H3,(H,18,19)(H,20,21)/t11-,15+/m1/s1. The van der Waals surface area contributed by atoms with E-state index in [9.17, 15) is 14.7 Å². The smallest absolute Gasteiger partial charge is 0.330 e. The topological polar surface area (TPSA) is 88.5 Å². The lowest BCUT2D eigenvalue weighted by Crippen LogP contribution is -2.76. The van der Waals surface area contributed by atoms with E-state index in [2.05, 4.69) is 10.3 Å². The minimum absolute atomic E-state index is 0.126. The molecule has 1 amide bonds. The number of hydrogen-bond donors (Lipinski definition) is 2. The van der Waals surface area contributed by atoms with Crippen LogP contribution < -0.4 is 5.32 Å². The Morgan fingerprint density at radius 2 is 2.18 bits per heavy atom. The predicted molar refractivity (Wildman–Crippen MR) is 80.9 cm³/mol. The second-order valence-corrected chi connectivity index (χ2v) is 6.33. The van der Waals surface area contributed by atoms with Crippen LogP contribution in [0.4, 0.5) is 0 Å². The Labute approximate surface area is 133 Å². The molecule has 2 rings (SSSR count). The molecule has 2 N–H and O–H groups in total. The fourth-order valence-electron chi connectivity index (χ4n) is 2.80. The normalized spacial score (nSPS) is 26.1. The van der Waals surface area contributed by atoms with Crippen LogP contribution in [-0.2, 0) is 9.53 Å². The molecule has 22 heavy (non-hydrogen) atoms. The minimum atomic E-state index is -1.37. The highest BCUT2D eigenvalue weighted by Gasteiger charge is 2.66. The van der Waals surface area contributed by atoms with E-state index < -0.39 is 22.8 Å². The van der Waals surface area contributed by atoms with Crippen LogP contribution in [-0.4, -0.2) is 40.2 Å². The summed E-state index contributed by atoms with van der Waals surface area (Å²) in [5, 5.41) is 12.7. The van der Waals surface area contributed by atoms with Crippen molar-refractivity contribution < 1.29 is 19.4 Å². The molecule has 7 heteroatoms.